The Morgan fingerprint density at radius 1 is 1.15 bits per heavy atom. The molecule has 0 aliphatic heterocycles. The van der Waals surface area contributed by atoms with Gasteiger partial charge in [0.05, 0.1) is 12.0 Å². The molecule has 0 atom stereocenters. The van der Waals surface area contributed by atoms with E-state index < -0.39 is 0 Å². The van der Waals surface area contributed by atoms with Crippen LogP contribution in [-0.2, 0) is 6.54 Å². The number of aliphatic hydroxyl groups is 2. The summed E-state index contributed by atoms with van der Waals surface area (Å²) in [5, 5.41) is 18.4. The van der Waals surface area contributed by atoms with Crippen molar-refractivity contribution in [2.45, 2.75) is 13.0 Å². The third kappa shape index (κ3) is 2.79. The van der Waals surface area contributed by atoms with Crippen molar-refractivity contribution < 1.29 is 10.2 Å². The van der Waals surface area contributed by atoms with Crippen LogP contribution in [-0.4, -0.2) is 47.3 Å². The molecule has 8 nitrogen and oxygen atoms in total. The molecule has 4 rings (SSSR count). The maximum atomic E-state index is 12.7. The quantitative estimate of drug-likeness (QED) is 0.480. The van der Waals surface area contributed by atoms with E-state index in [1.807, 2.05) is 30.3 Å². The number of imidazole rings is 2. The summed E-state index contributed by atoms with van der Waals surface area (Å²) in [6.45, 7) is 0.345. The Hall–Kier alpha value is -2.97. The van der Waals surface area contributed by atoms with Crippen molar-refractivity contribution in [1.29, 1.82) is 0 Å². The van der Waals surface area contributed by atoms with E-state index in [1.54, 1.807) is 17.1 Å². The standard InChI is InChI=1S/C18H19N5O3/c24-9-12(10-25)6-7-22-11-19-15-16(22)21-18-20-14(8-23(18)17(15)26)13-4-2-1-3-5-13/h1-5,8,11-12,24-25H,6-7,9-10H2,(H,20,21). The zero-order valence-corrected chi connectivity index (χ0v) is 14.0. The summed E-state index contributed by atoms with van der Waals surface area (Å²) in [5.41, 5.74) is 2.32. The van der Waals surface area contributed by atoms with Crippen molar-refractivity contribution in [1.82, 2.24) is 23.9 Å². The van der Waals surface area contributed by atoms with Gasteiger partial charge in [-0.15, -0.1) is 0 Å². The van der Waals surface area contributed by atoms with Crippen LogP contribution in [0.4, 0.5) is 0 Å². The molecule has 3 aromatic heterocycles. The number of aromatic nitrogens is 5. The Bertz CT molecular complexity index is 1090. The first-order valence-corrected chi connectivity index (χ1v) is 8.44. The number of nitrogens with zero attached hydrogens (tertiary/aromatic N) is 4. The van der Waals surface area contributed by atoms with E-state index in [0.717, 1.165) is 11.3 Å². The van der Waals surface area contributed by atoms with Crippen LogP contribution in [0.25, 0.3) is 28.2 Å². The van der Waals surface area contributed by atoms with Crippen LogP contribution in [0.3, 0.4) is 0 Å². The number of hydrogen-bond donors (Lipinski definition) is 3. The van der Waals surface area contributed by atoms with E-state index in [-0.39, 0.29) is 24.7 Å². The second kappa shape index (κ2) is 6.74. The molecule has 0 saturated heterocycles. The van der Waals surface area contributed by atoms with Gasteiger partial charge >= 0.3 is 0 Å². The average Bonchev–Trinajstić information content (AvgIpc) is 3.28. The molecule has 3 heterocycles. The van der Waals surface area contributed by atoms with Crippen molar-refractivity contribution >= 4 is 16.9 Å². The van der Waals surface area contributed by atoms with Gasteiger partial charge in [0.1, 0.15) is 0 Å². The first-order chi connectivity index (χ1) is 12.7. The first kappa shape index (κ1) is 16.5. The molecule has 0 aliphatic carbocycles. The first-order valence-electron chi connectivity index (χ1n) is 8.44. The zero-order chi connectivity index (χ0) is 18.1. The second-order valence-corrected chi connectivity index (χ2v) is 6.27. The Morgan fingerprint density at radius 2 is 1.92 bits per heavy atom. The number of fused-ring (bicyclic) bond motifs is 2. The van der Waals surface area contributed by atoms with Gasteiger partial charge in [0.15, 0.2) is 11.2 Å². The molecule has 0 fully saturated rings. The lowest BCUT2D eigenvalue weighted by Gasteiger charge is -2.10. The highest BCUT2D eigenvalue weighted by molar-refractivity contribution is 5.73. The van der Waals surface area contributed by atoms with Crippen LogP contribution in [0.2, 0.25) is 0 Å². The smallest absolute Gasteiger partial charge is 0.287 e. The summed E-state index contributed by atoms with van der Waals surface area (Å²) >= 11 is 0. The van der Waals surface area contributed by atoms with Gasteiger partial charge in [-0.3, -0.25) is 4.79 Å². The fourth-order valence-corrected chi connectivity index (χ4v) is 2.99. The molecule has 26 heavy (non-hydrogen) atoms. The van der Waals surface area contributed by atoms with Gasteiger partial charge in [0.25, 0.3) is 5.56 Å². The second-order valence-electron chi connectivity index (χ2n) is 6.27. The number of nitrogens with one attached hydrogen (secondary N) is 1. The maximum absolute atomic E-state index is 12.7. The van der Waals surface area contributed by atoms with Crippen molar-refractivity contribution in [3.05, 3.63) is 53.2 Å². The fourth-order valence-electron chi connectivity index (χ4n) is 2.99. The summed E-state index contributed by atoms with van der Waals surface area (Å²) in [6, 6.07) is 9.71. The summed E-state index contributed by atoms with van der Waals surface area (Å²) in [4.78, 5) is 24.7. The van der Waals surface area contributed by atoms with Gasteiger partial charge in [0, 0.05) is 31.9 Å². The molecule has 0 amide bonds. The number of hydrogen-bond acceptors (Lipinski definition) is 5. The molecular weight excluding hydrogens is 334 g/mol. The molecule has 0 spiro atoms. The van der Waals surface area contributed by atoms with E-state index in [2.05, 4.69) is 15.0 Å². The summed E-state index contributed by atoms with van der Waals surface area (Å²) < 4.78 is 3.24. The normalized spacial score (nSPS) is 11.8. The molecule has 134 valence electrons. The molecule has 0 radical (unpaired) electrons. The lowest BCUT2D eigenvalue weighted by atomic mass is 10.1. The minimum absolute atomic E-state index is 0.0828. The van der Waals surface area contributed by atoms with Crippen LogP contribution < -0.4 is 5.56 Å². The number of H-pyrrole nitrogens is 1. The summed E-state index contributed by atoms with van der Waals surface area (Å²) in [7, 11) is 0. The lowest BCUT2D eigenvalue weighted by Crippen LogP contribution is -2.16. The molecule has 3 N–H and O–H groups in total. The molecule has 0 bridgehead atoms. The van der Waals surface area contributed by atoms with Crippen LogP contribution in [0.5, 0.6) is 0 Å². The molecule has 0 unspecified atom stereocenters. The maximum Gasteiger partial charge on any atom is 0.287 e. The van der Waals surface area contributed by atoms with Gasteiger partial charge < -0.3 is 19.8 Å². The fraction of sp³-hybridized carbons (Fsp3) is 0.278. The number of benzene rings is 1. The number of rotatable bonds is 6. The van der Waals surface area contributed by atoms with Crippen molar-refractivity contribution in [2.75, 3.05) is 13.2 Å². The van der Waals surface area contributed by atoms with E-state index in [1.165, 1.54) is 4.40 Å². The van der Waals surface area contributed by atoms with E-state index in [0.29, 0.717) is 29.9 Å². The highest BCUT2D eigenvalue weighted by Crippen LogP contribution is 2.18. The molecule has 0 aliphatic rings. The van der Waals surface area contributed by atoms with Gasteiger partial charge in [-0.05, 0) is 12.0 Å². The Morgan fingerprint density at radius 3 is 2.65 bits per heavy atom. The molecule has 4 aromatic rings. The van der Waals surface area contributed by atoms with Gasteiger partial charge in [-0.1, -0.05) is 30.3 Å². The highest BCUT2D eigenvalue weighted by Gasteiger charge is 2.15. The molecule has 8 heteroatoms. The predicted molar refractivity (Wildman–Crippen MR) is 96.8 cm³/mol. The average molecular weight is 353 g/mol. The third-order valence-electron chi connectivity index (χ3n) is 4.56. The summed E-state index contributed by atoms with van der Waals surface area (Å²) in [5.74, 6) is 0.247. The van der Waals surface area contributed by atoms with E-state index >= 15 is 0 Å². The SMILES string of the molecule is O=c1c2ncn(CCC(CO)CO)c2nc2[nH]c(-c3ccccc3)cn12. The zero-order valence-electron chi connectivity index (χ0n) is 14.0. The van der Waals surface area contributed by atoms with E-state index in [4.69, 9.17) is 0 Å². The largest absolute Gasteiger partial charge is 0.396 e. The molecule has 0 saturated carbocycles. The monoisotopic (exact) mass is 353 g/mol. The summed E-state index contributed by atoms with van der Waals surface area (Å²) in [6.07, 6.45) is 3.87. The van der Waals surface area contributed by atoms with Crippen LogP contribution in [0.1, 0.15) is 6.42 Å². The van der Waals surface area contributed by atoms with Gasteiger partial charge in [-0.25, -0.2) is 9.38 Å². The predicted octanol–water partition coefficient (Wildman–Crippen LogP) is 1.03. The topological polar surface area (TPSA) is 108 Å². The lowest BCUT2D eigenvalue weighted by molar-refractivity contribution is 0.140. The number of aliphatic hydroxyl groups excluding tert-OH is 2. The van der Waals surface area contributed by atoms with Crippen molar-refractivity contribution in [3.8, 4) is 11.3 Å². The van der Waals surface area contributed by atoms with Crippen LogP contribution in [0.15, 0.2) is 47.7 Å². The molecule has 1 aromatic carbocycles. The van der Waals surface area contributed by atoms with Crippen LogP contribution in [0, 0.1) is 5.92 Å². The number of aromatic amines is 1. The van der Waals surface area contributed by atoms with Crippen molar-refractivity contribution in [3.63, 3.8) is 0 Å². The van der Waals surface area contributed by atoms with Crippen molar-refractivity contribution in [2.24, 2.45) is 5.92 Å². The minimum Gasteiger partial charge on any atom is -0.396 e. The number of aryl methyl sites for hydroxylation is 1. The van der Waals surface area contributed by atoms with Gasteiger partial charge in [-0.2, -0.15) is 4.98 Å². The Balaban J connectivity index is 1.77. The van der Waals surface area contributed by atoms with Gasteiger partial charge in [0.2, 0.25) is 5.78 Å². The molecular formula is C18H19N5O3. The van der Waals surface area contributed by atoms with E-state index in [9.17, 15) is 15.0 Å². The van der Waals surface area contributed by atoms with Crippen LogP contribution >= 0.6 is 0 Å². The third-order valence-corrected chi connectivity index (χ3v) is 4.56. The minimum atomic E-state index is -0.233. The Kier molecular flexibility index (Phi) is 4.27. The highest BCUT2D eigenvalue weighted by atomic mass is 16.3. The Labute approximate surface area is 148 Å².